The van der Waals surface area contributed by atoms with Crippen LogP contribution in [0.25, 0.3) is 0 Å². The van der Waals surface area contributed by atoms with Crippen LogP contribution in [0.1, 0.15) is 31.2 Å². The summed E-state index contributed by atoms with van der Waals surface area (Å²) < 4.78 is 0. The molecule has 1 fully saturated rings. The molecule has 1 amide bonds. The quantitative estimate of drug-likeness (QED) is 0.769. The van der Waals surface area contributed by atoms with Crippen molar-refractivity contribution in [1.82, 2.24) is 10.6 Å². The van der Waals surface area contributed by atoms with E-state index in [0.717, 1.165) is 37.8 Å². The Morgan fingerprint density at radius 1 is 1.24 bits per heavy atom. The Labute approximate surface area is 142 Å². The molecule has 118 valence electrons. The third-order valence-corrected chi connectivity index (χ3v) is 4.74. The molecule has 0 heterocycles. The highest BCUT2D eigenvalue weighted by atomic mass is 35.5. The van der Waals surface area contributed by atoms with Crippen LogP contribution in [0.5, 0.6) is 0 Å². The Bertz CT molecular complexity index is 490. The molecule has 1 aromatic carbocycles. The Morgan fingerprint density at radius 2 is 1.95 bits per heavy atom. The molecule has 0 spiro atoms. The van der Waals surface area contributed by atoms with E-state index in [1.165, 1.54) is 0 Å². The fourth-order valence-electron chi connectivity index (χ4n) is 2.61. The van der Waals surface area contributed by atoms with Gasteiger partial charge < -0.3 is 10.6 Å². The first-order valence-electron chi connectivity index (χ1n) is 6.98. The highest BCUT2D eigenvalue weighted by Gasteiger charge is 2.45. The Morgan fingerprint density at radius 3 is 2.48 bits per heavy atom. The van der Waals surface area contributed by atoms with Gasteiger partial charge in [0.25, 0.3) is 0 Å². The number of amides is 1. The lowest BCUT2D eigenvalue weighted by Crippen LogP contribution is -2.49. The van der Waals surface area contributed by atoms with Crippen molar-refractivity contribution in [1.29, 1.82) is 0 Å². The summed E-state index contributed by atoms with van der Waals surface area (Å²) >= 11 is 12.0. The summed E-state index contributed by atoms with van der Waals surface area (Å²) in [6.07, 6.45) is 3.76. The molecule has 6 heteroatoms. The van der Waals surface area contributed by atoms with Gasteiger partial charge in [-0.2, -0.15) is 0 Å². The molecular weight excluding hydrogens is 331 g/mol. The van der Waals surface area contributed by atoms with E-state index in [-0.39, 0.29) is 18.3 Å². The predicted molar refractivity (Wildman–Crippen MR) is 90.8 cm³/mol. The zero-order valence-electron chi connectivity index (χ0n) is 12.0. The molecule has 21 heavy (non-hydrogen) atoms. The average Bonchev–Trinajstić information content (AvgIpc) is 2.37. The number of carbonyl (C=O) groups is 1. The first kappa shape index (κ1) is 18.6. The van der Waals surface area contributed by atoms with Gasteiger partial charge >= 0.3 is 0 Å². The molecule has 0 saturated heterocycles. The van der Waals surface area contributed by atoms with Crippen LogP contribution in [0.3, 0.4) is 0 Å². The minimum atomic E-state index is -0.409. The monoisotopic (exact) mass is 350 g/mol. The Kier molecular flexibility index (Phi) is 7.28. The third-order valence-electron chi connectivity index (χ3n) is 4.00. The van der Waals surface area contributed by atoms with Crippen molar-refractivity contribution in [3.05, 3.63) is 33.8 Å². The minimum Gasteiger partial charge on any atom is -0.355 e. The fourth-order valence-corrected chi connectivity index (χ4v) is 2.91. The zero-order chi connectivity index (χ0) is 14.6. The number of rotatable bonds is 6. The maximum absolute atomic E-state index is 12.5. The average molecular weight is 352 g/mol. The molecule has 2 N–H and O–H groups in total. The smallest absolute Gasteiger partial charge is 0.230 e. The molecule has 3 nitrogen and oxygen atoms in total. The molecule has 0 bridgehead atoms. The van der Waals surface area contributed by atoms with Gasteiger partial charge in [-0.25, -0.2) is 0 Å². The van der Waals surface area contributed by atoms with E-state index >= 15 is 0 Å². The van der Waals surface area contributed by atoms with Crippen molar-refractivity contribution < 1.29 is 4.79 Å². The topological polar surface area (TPSA) is 41.1 Å². The normalized spacial score (nSPS) is 15.8. The molecule has 0 aliphatic heterocycles. The first-order valence-corrected chi connectivity index (χ1v) is 7.74. The van der Waals surface area contributed by atoms with E-state index in [2.05, 4.69) is 10.6 Å². The van der Waals surface area contributed by atoms with Crippen LogP contribution >= 0.6 is 35.6 Å². The van der Waals surface area contributed by atoms with Gasteiger partial charge in [0.1, 0.15) is 0 Å². The van der Waals surface area contributed by atoms with E-state index in [4.69, 9.17) is 23.2 Å². The van der Waals surface area contributed by atoms with Crippen molar-refractivity contribution in [2.45, 2.75) is 31.1 Å². The molecule has 1 aromatic rings. The molecule has 0 unspecified atom stereocenters. The van der Waals surface area contributed by atoms with Crippen molar-refractivity contribution in [3.63, 3.8) is 0 Å². The Hall–Kier alpha value is -0.480. The summed E-state index contributed by atoms with van der Waals surface area (Å²) in [5.74, 6) is 0.109. The lowest BCUT2D eigenvalue weighted by molar-refractivity contribution is -0.129. The summed E-state index contributed by atoms with van der Waals surface area (Å²) in [5, 5.41) is 7.15. The van der Waals surface area contributed by atoms with Crippen LogP contribution in [0.4, 0.5) is 0 Å². The van der Waals surface area contributed by atoms with Gasteiger partial charge in [0, 0.05) is 6.54 Å². The molecule has 0 aromatic heterocycles. The SMILES string of the molecule is CNCCCNC(=O)C1(c2ccc(Cl)c(Cl)c2)CCC1.Cl. The summed E-state index contributed by atoms with van der Waals surface area (Å²) in [7, 11) is 1.91. The van der Waals surface area contributed by atoms with Gasteiger partial charge in [-0.3, -0.25) is 4.79 Å². The summed E-state index contributed by atoms with van der Waals surface area (Å²) in [6, 6.07) is 5.52. The molecule has 0 radical (unpaired) electrons. The van der Waals surface area contributed by atoms with Crippen LogP contribution in [-0.4, -0.2) is 26.0 Å². The number of hydrogen-bond donors (Lipinski definition) is 2. The molecule has 1 aliphatic rings. The van der Waals surface area contributed by atoms with E-state index < -0.39 is 5.41 Å². The van der Waals surface area contributed by atoms with Gasteiger partial charge in [-0.1, -0.05) is 35.7 Å². The van der Waals surface area contributed by atoms with Crippen molar-refractivity contribution >= 4 is 41.5 Å². The van der Waals surface area contributed by atoms with Gasteiger partial charge in [-0.05, 0) is 50.6 Å². The number of nitrogens with one attached hydrogen (secondary N) is 2. The number of halogens is 3. The van der Waals surface area contributed by atoms with Crippen LogP contribution in [0.2, 0.25) is 10.0 Å². The van der Waals surface area contributed by atoms with Crippen molar-refractivity contribution in [2.24, 2.45) is 0 Å². The lowest BCUT2D eigenvalue weighted by atomic mass is 9.64. The second-order valence-electron chi connectivity index (χ2n) is 5.28. The van der Waals surface area contributed by atoms with Crippen molar-refractivity contribution in [2.75, 3.05) is 20.1 Å². The third kappa shape index (κ3) is 4.04. The Balaban J connectivity index is 0.00000220. The summed E-state index contributed by atoms with van der Waals surface area (Å²) in [6.45, 7) is 1.60. The number of carbonyl (C=O) groups excluding carboxylic acids is 1. The maximum atomic E-state index is 12.5. The van der Waals surface area contributed by atoms with Crippen molar-refractivity contribution in [3.8, 4) is 0 Å². The second kappa shape index (κ2) is 8.23. The van der Waals surface area contributed by atoms with Gasteiger partial charge in [0.2, 0.25) is 5.91 Å². The number of hydrogen-bond acceptors (Lipinski definition) is 2. The standard InChI is InChI=1S/C15H20Cl2N2O.ClH/c1-18-8-3-9-19-14(20)15(6-2-7-15)11-4-5-12(16)13(17)10-11;/h4-5,10,18H,2-3,6-9H2,1H3,(H,19,20);1H. The van der Waals surface area contributed by atoms with Crippen LogP contribution in [0, 0.1) is 0 Å². The van der Waals surface area contributed by atoms with Gasteiger partial charge in [0.15, 0.2) is 0 Å². The second-order valence-corrected chi connectivity index (χ2v) is 6.09. The highest BCUT2D eigenvalue weighted by Crippen LogP contribution is 2.45. The molecule has 1 saturated carbocycles. The number of benzene rings is 1. The van der Waals surface area contributed by atoms with E-state index in [0.29, 0.717) is 16.6 Å². The van der Waals surface area contributed by atoms with E-state index in [1.54, 1.807) is 6.07 Å². The minimum absolute atomic E-state index is 0. The largest absolute Gasteiger partial charge is 0.355 e. The van der Waals surface area contributed by atoms with Gasteiger partial charge in [-0.15, -0.1) is 12.4 Å². The highest BCUT2D eigenvalue weighted by molar-refractivity contribution is 6.42. The van der Waals surface area contributed by atoms with Crippen LogP contribution in [-0.2, 0) is 10.2 Å². The van der Waals surface area contributed by atoms with Crippen LogP contribution < -0.4 is 10.6 Å². The molecular formula is C15H21Cl3N2O. The molecule has 2 rings (SSSR count). The lowest BCUT2D eigenvalue weighted by Gasteiger charge is -2.41. The summed E-state index contributed by atoms with van der Waals surface area (Å²) in [4.78, 5) is 12.5. The fraction of sp³-hybridized carbons (Fsp3) is 0.533. The van der Waals surface area contributed by atoms with E-state index in [1.807, 2.05) is 19.2 Å². The molecule has 0 atom stereocenters. The predicted octanol–water partition coefficient (Wildman–Crippen LogP) is 3.56. The first-order chi connectivity index (χ1) is 9.60. The van der Waals surface area contributed by atoms with Crippen LogP contribution in [0.15, 0.2) is 18.2 Å². The van der Waals surface area contributed by atoms with Gasteiger partial charge in [0.05, 0.1) is 15.5 Å². The summed E-state index contributed by atoms with van der Waals surface area (Å²) in [5.41, 5.74) is 0.567. The molecule has 1 aliphatic carbocycles. The zero-order valence-corrected chi connectivity index (χ0v) is 14.4. The maximum Gasteiger partial charge on any atom is 0.230 e. The van der Waals surface area contributed by atoms with E-state index in [9.17, 15) is 4.79 Å².